The number of benzene rings is 1. The molecule has 0 radical (unpaired) electrons. The highest BCUT2D eigenvalue weighted by atomic mass is 32.1. The Hall–Kier alpha value is -2.71. The minimum absolute atomic E-state index is 0.0321. The van der Waals surface area contributed by atoms with Crippen LogP contribution >= 0.6 is 11.3 Å². The first kappa shape index (κ1) is 16.7. The predicted molar refractivity (Wildman–Crippen MR) is 100 cm³/mol. The fourth-order valence-electron chi connectivity index (χ4n) is 3.06. The maximum absolute atomic E-state index is 12.3. The first-order valence-corrected chi connectivity index (χ1v) is 9.40. The van der Waals surface area contributed by atoms with E-state index in [1.807, 2.05) is 12.1 Å². The average molecular weight is 370 g/mol. The molecule has 1 aliphatic heterocycles. The average Bonchev–Trinajstić information content (AvgIpc) is 3.35. The number of aromatic nitrogens is 2. The molecule has 0 aliphatic carbocycles. The predicted octanol–water partition coefficient (Wildman–Crippen LogP) is 1.14. The van der Waals surface area contributed by atoms with Gasteiger partial charge in [-0.2, -0.15) is 0 Å². The van der Waals surface area contributed by atoms with E-state index < -0.39 is 0 Å². The molecule has 1 amide bonds. The van der Waals surface area contributed by atoms with Gasteiger partial charge in [0.15, 0.2) is 17.3 Å². The van der Waals surface area contributed by atoms with Gasteiger partial charge >= 0.3 is 0 Å². The summed E-state index contributed by atoms with van der Waals surface area (Å²) in [6, 6.07) is 14.0. The standard InChI is InChI=1S/C18H19N5O2S/c24-16(19-18-21-20-17(26-18)15-7-4-12-25-15)13-22-8-10-23(11-9-22)14-5-2-1-3-6-14/h1-7,12H,8-11,13H2,(H,19,21,24)/p+1. The molecule has 4 rings (SSSR count). The zero-order valence-electron chi connectivity index (χ0n) is 14.2. The van der Waals surface area contributed by atoms with Crippen molar-refractivity contribution in [2.75, 3.05) is 42.9 Å². The monoisotopic (exact) mass is 370 g/mol. The molecule has 1 aromatic carbocycles. The minimum atomic E-state index is -0.0321. The van der Waals surface area contributed by atoms with Crippen LogP contribution in [0.5, 0.6) is 0 Å². The number of furan rings is 1. The van der Waals surface area contributed by atoms with E-state index in [0.717, 1.165) is 26.2 Å². The smallest absolute Gasteiger partial charge is 0.281 e. The summed E-state index contributed by atoms with van der Waals surface area (Å²) in [6.07, 6.45) is 1.59. The van der Waals surface area contributed by atoms with Crippen molar-refractivity contribution in [3.05, 3.63) is 48.7 Å². The lowest BCUT2D eigenvalue weighted by atomic mass is 10.2. The van der Waals surface area contributed by atoms with Crippen molar-refractivity contribution >= 4 is 28.1 Å². The van der Waals surface area contributed by atoms with Crippen molar-refractivity contribution in [2.45, 2.75) is 0 Å². The molecule has 1 fully saturated rings. The van der Waals surface area contributed by atoms with Crippen molar-refractivity contribution in [1.29, 1.82) is 0 Å². The van der Waals surface area contributed by atoms with E-state index in [1.54, 1.807) is 12.3 Å². The molecule has 8 heteroatoms. The third-order valence-corrected chi connectivity index (χ3v) is 5.26. The van der Waals surface area contributed by atoms with Crippen LogP contribution in [0.3, 0.4) is 0 Å². The second-order valence-corrected chi connectivity index (χ2v) is 7.16. The van der Waals surface area contributed by atoms with Crippen molar-refractivity contribution in [3.8, 4) is 10.8 Å². The summed E-state index contributed by atoms with van der Waals surface area (Å²) in [6.45, 7) is 4.23. The second kappa shape index (κ2) is 7.67. The molecule has 0 saturated carbocycles. The number of quaternary nitrogens is 1. The number of hydrogen-bond donors (Lipinski definition) is 2. The molecular weight excluding hydrogens is 350 g/mol. The Morgan fingerprint density at radius 2 is 1.96 bits per heavy atom. The van der Waals surface area contributed by atoms with Gasteiger partial charge in [0.25, 0.3) is 5.91 Å². The number of amides is 1. The molecule has 0 bridgehead atoms. The molecule has 0 unspecified atom stereocenters. The van der Waals surface area contributed by atoms with Gasteiger partial charge in [0.05, 0.1) is 32.4 Å². The third-order valence-electron chi connectivity index (χ3n) is 4.41. The van der Waals surface area contributed by atoms with Gasteiger partial charge in [-0.1, -0.05) is 29.5 Å². The van der Waals surface area contributed by atoms with Crippen LogP contribution in [-0.2, 0) is 4.79 Å². The first-order chi connectivity index (χ1) is 12.8. The van der Waals surface area contributed by atoms with Crippen molar-refractivity contribution < 1.29 is 14.1 Å². The highest BCUT2D eigenvalue weighted by Gasteiger charge is 2.23. The van der Waals surface area contributed by atoms with E-state index in [4.69, 9.17) is 4.42 Å². The van der Waals surface area contributed by atoms with Crippen LogP contribution in [0.2, 0.25) is 0 Å². The van der Waals surface area contributed by atoms with Gasteiger partial charge in [-0.15, -0.1) is 10.2 Å². The van der Waals surface area contributed by atoms with Crippen molar-refractivity contribution in [3.63, 3.8) is 0 Å². The van der Waals surface area contributed by atoms with E-state index in [1.165, 1.54) is 21.9 Å². The summed E-state index contributed by atoms with van der Waals surface area (Å²) in [5, 5.41) is 12.1. The largest absolute Gasteiger partial charge is 0.462 e. The van der Waals surface area contributed by atoms with Crippen molar-refractivity contribution in [2.24, 2.45) is 0 Å². The summed E-state index contributed by atoms with van der Waals surface area (Å²) in [5.74, 6) is 0.626. The van der Waals surface area contributed by atoms with Crippen LogP contribution < -0.4 is 15.1 Å². The summed E-state index contributed by atoms with van der Waals surface area (Å²) in [5.41, 5.74) is 1.25. The number of carbonyl (C=O) groups excluding carboxylic acids is 1. The Balaban J connectivity index is 1.27. The molecule has 134 valence electrons. The molecule has 3 aromatic rings. The van der Waals surface area contributed by atoms with Gasteiger partial charge in [0.2, 0.25) is 5.13 Å². The van der Waals surface area contributed by atoms with Gasteiger partial charge < -0.3 is 14.2 Å². The molecule has 0 atom stereocenters. The molecule has 1 aliphatic rings. The molecular formula is C18H20N5O2S+. The van der Waals surface area contributed by atoms with E-state index in [9.17, 15) is 4.79 Å². The van der Waals surface area contributed by atoms with Gasteiger partial charge in [0.1, 0.15) is 0 Å². The molecule has 3 heterocycles. The number of nitrogens with zero attached hydrogens (tertiary/aromatic N) is 3. The number of hydrogen-bond acceptors (Lipinski definition) is 6. The topological polar surface area (TPSA) is 75.7 Å². The highest BCUT2D eigenvalue weighted by molar-refractivity contribution is 7.18. The van der Waals surface area contributed by atoms with Gasteiger partial charge in [-0.05, 0) is 24.3 Å². The van der Waals surface area contributed by atoms with E-state index in [2.05, 4.69) is 44.7 Å². The normalized spacial score (nSPS) is 15.2. The molecule has 7 nitrogen and oxygen atoms in total. The van der Waals surface area contributed by atoms with Crippen LogP contribution in [0.4, 0.5) is 10.8 Å². The SMILES string of the molecule is O=C(C[NH+]1CCN(c2ccccc2)CC1)Nc1nnc(-c2ccco2)s1. The van der Waals surface area contributed by atoms with E-state index in [-0.39, 0.29) is 5.91 Å². The summed E-state index contributed by atoms with van der Waals surface area (Å²) < 4.78 is 5.29. The van der Waals surface area contributed by atoms with E-state index >= 15 is 0 Å². The fourth-order valence-corrected chi connectivity index (χ4v) is 3.79. The number of anilines is 2. The summed E-state index contributed by atoms with van der Waals surface area (Å²) in [7, 11) is 0. The quantitative estimate of drug-likeness (QED) is 0.705. The molecule has 2 aromatic heterocycles. The summed E-state index contributed by atoms with van der Waals surface area (Å²) >= 11 is 1.31. The number of para-hydroxylation sites is 1. The highest BCUT2D eigenvalue weighted by Crippen LogP contribution is 2.26. The number of carbonyl (C=O) groups is 1. The Labute approximate surface area is 155 Å². The van der Waals surface area contributed by atoms with Gasteiger partial charge in [-0.3, -0.25) is 10.1 Å². The fraction of sp³-hybridized carbons (Fsp3) is 0.278. The zero-order valence-corrected chi connectivity index (χ0v) is 15.0. The first-order valence-electron chi connectivity index (χ1n) is 8.59. The zero-order chi connectivity index (χ0) is 17.8. The molecule has 2 N–H and O–H groups in total. The molecule has 1 saturated heterocycles. The molecule has 0 spiro atoms. The van der Waals surface area contributed by atoms with E-state index in [0.29, 0.717) is 22.4 Å². The maximum atomic E-state index is 12.3. The molecule has 26 heavy (non-hydrogen) atoms. The van der Waals surface area contributed by atoms with Crippen molar-refractivity contribution in [1.82, 2.24) is 10.2 Å². The lowest BCUT2D eigenvalue weighted by Crippen LogP contribution is -3.15. The summed E-state index contributed by atoms with van der Waals surface area (Å²) in [4.78, 5) is 15.9. The number of nitrogens with one attached hydrogen (secondary N) is 2. The van der Waals surface area contributed by atoms with Crippen LogP contribution in [0.1, 0.15) is 0 Å². The van der Waals surface area contributed by atoms with Crippen LogP contribution in [0.25, 0.3) is 10.8 Å². The number of rotatable bonds is 5. The third kappa shape index (κ3) is 3.92. The Morgan fingerprint density at radius 1 is 1.15 bits per heavy atom. The number of piperazine rings is 1. The Kier molecular flexibility index (Phi) is 4.94. The minimum Gasteiger partial charge on any atom is -0.462 e. The van der Waals surface area contributed by atoms with Gasteiger partial charge in [0, 0.05) is 5.69 Å². The van der Waals surface area contributed by atoms with Crippen LogP contribution in [0.15, 0.2) is 53.1 Å². The Bertz CT molecular complexity index is 842. The Morgan fingerprint density at radius 3 is 2.69 bits per heavy atom. The lowest BCUT2D eigenvalue weighted by Gasteiger charge is -2.33. The van der Waals surface area contributed by atoms with Crippen LogP contribution in [-0.4, -0.2) is 48.8 Å². The van der Waals surface area contributed by atoms with Crippen LogP contribution in [0, 0.1) is 0 Å². The maximum Gasteiger partial charge on any atom is 0.281 e. The lowest BCUT2D eigenvalue weighted by molar-refractivity contribution is -0.892. The van der Waals surface area contributed by atoms with Gasteiger partial charge in [-0.25, -0.2) is 0 Å². The second-order valence-electron chi connectivity index (χ2n) is 6.19.